The molecule has 3 nitrogen and oxygen atoms in total. The molecule has 128 valence electrons. The van der Waals surface area contributed by atoms with Crippen LogP contribution in [-0.4, -0.2) is 17.4 Å². The van der Waals surface area contributed by atoms with Crippen molar-refractivity contribution in [2.75, 3.05) is 6.54 Å². The molecule has 2 N–H and O–H groups in total. The van der Waals surface area contributed by atoms with Crippen LogP contribution in [0.2, 0.25) is 5.02 Å². The summed E-state index contributed by atoms with van der Waals surface area (Å²) in [5.41, 5.74) is 3.29. The predicted octanol–water partition coefficient (Wildman–Crippen LogP) is 4.73. The SMILES string of the molecule is C[C@@H]1C[C@@H]1C(=O)NC[C@@H](c1ccccc1Cl)c1c[nH]c2ccccc12. The molecule has 4 heteroatoms. The summed E-state index contributed by atoms with van der Waals surface area (Å²) in [6, 6.07) is 16.1. The fourth-order valence-electron chi connectivity index (χ4n) is 3.55. The Bertz CT molecular complexity index is 917. The fourth-order valence-corrected chi connectivity index (χ4v) is 3.82. The van der Waals surface area contributed by atoms with Crippen LogP contribution in [0.15, 0.2) is 54.7 Å². The number of amides is 1. The summed E-state index contributed by atoms with van der Waals surface area (Å²) in [5.74, 6) is 0.856. The van der Waals surface area contributed by atoms with Gasteiger partial charge in [-0.1, -0.05) is 54.9 Å². The Kier molecular flexibility index (Phi) is 4.26. The Labute approximate surface area is 152 Å². The van der Waals surface area contributed by atoms with Gasteiger partial charge in [0.1, 0.15) is 0 Å². The van der Waals surface area contributed by atoms with Gasteiger partial charge in [-0.2, -0.15) is 0 Å². The largest absolute Gasteiger partial charge is 0.361 e. The van der Waals surface area contributed by atoms with Gasteiger partial charge in [-0.25, -0.2) is 0 Å². The molecule has 1 aliphatic rings. The molecule has 4 rings (SSSR count). The highest BCUT2D eigenvalue weighted by Crippen LogP contribution is 2.38. The standard InChI is InChI=1S/C21H21ClN2O/c1-13-10-16(13)21(25)24-12-17(14-6-2-4-8-19(14)22)18-11-23-20-9-5-3-7-15(18)20/h2-9,11,13,16-17,23H,10,12H2,1H3,(H,24,25)/t13-,16+,17+/m1/s1. The highest BCUT2D eigenvalue weighted by Gasteiger charge is 2.39. The molecule has 0 bridgehead atoms. The van der Waals surface area contributed by atoms with E-state index in [1.54, 1.807) is 0 Å². The molecule has 1 heterocycles. The molecule has 0 saturated heterocycles. The highest BCUT2D eigenvalue weighted by molar-refractivity contribution is 6.31. The van der Waals surface area contributed by atoms with Gasteiger partial charge in [-0.05, 0) is 35.6 Å². The van der Waals surface area contributed by atoms with Gasteiger partial charge in [0, 0.05) is 40.5 Å². The maximum Gasteiger partial charge on any atom is 0.223 e. The Hall–Kier alpha value is -2.26. The summed E-state index contributed by atoms with van der Waals surface area (Å²) in [5, 5.41) is 5.04. The van der Waals surface area contributed by atoms with Crippen molar-refractivity contribution in [3.8, 4) is 0 Å². The van der Waals surface area contributed by atoms with Crippen molar-refractivity contribution >= 4 is 28.4 Å². The lowest BCUT2D eigenvalue weighted by Gasteiger charge is -2.19. The summed E-state index contributed by atoms with van der Waals surface area (Å²) >= 11 is 6.48. The van der Waals surface area contributed by atoms with Crippen molar-refractivity contribution in [1.29, 1.82) is 0 Å². The highest BCUT2D eigenvalue weighted by atomic mass is 35.5. The van der Waals surface area contributed by atoms with Crippen LogP contribution in [-0.2, 0) is 4.79 Å². The van der Waals surface area contributed by atoms with Crippen molar-refractivity contribution < 1.29 is 4.79 Å². The molecule has 1 saturated carbocycles. The molecule has 0 aliphatic heterocycles. The van der Waals surface area contributed by atoms with Crippen molar-refractivity contribution in [2.24, 2.45) is 11.8 Å². The first kappa shape index (κ1) is 16.2. The van der Waals surface area contributed by atoms with Crippen LogP contribution in [0.3, 0.4) is 0 Å². The van der Waals surface area contributed by atoms with Gasteiger partial charge in [0.2, 0.25) is 5.91 Å². The van der Waals surface area contributed by atoms with Crippen LogP contribution in [0.1, 0.15) is 30.4 Å². The van der Waals surface area contributed by atoms with Gasteiger partial charge in [0.25, 0.3) is 0 Å². The monoisotopic (exact) mass is 352 g/mol. The number of aromatic nitrogens is 1. The summed E-state index contributed by atoms with van der Waals surface area (Å²) in [4.78, 5) is 15.6. The van der Waals surface area contributed by atoms with E-state index in [-0.39, 0.29) is 17.7 Å². The Morgan fingerprint density at radius 2 is 1.92 bits per heavy atom. The van der Waals surface area contributed by atoms with E-state index in [4.69, 9.17) is 11.6 Å². The first-order valence-corrected chi connectivity index (χ1v) is 9.11. The summed E-state index contributed by atoms with van der Waals surface area (Å²) in [7, 11) is 0. The lowest BCUT2D eigenvalue weighted by atomic mass is 9.90. The van der Waals surface area contributed by atoms with E-state index in [0.717, 1.165) is 28.1 Å². The molecule has 1 amide bonds. The van der Waals surface area contributed by atoms with Gasteiger partial charge >= 0.3 is 0 Å². The molecular weight excluding hydrogens is 332 g/mol. The molecule has 0 unspecified atom stereocenters. The molecule has 0 spiro atoms. The van der Waals surface area contributed by atoms with E-state index in [9.17, 15) is 4.79 Å². The van der Waals surface area contributed by atoms with Crippen LogP contribution in [0, 0.1) is 11.8 Å². The zero-order valence-corrected chi connectivity index (χ0v) is 14.9. The smallest absolute Gasteiger partial charge is 0.223 e. The second-order valence-corrected chi connectivity index (χ2v) is 7.34. The number of para-hydroxylation sites is 1. The number of benzene rings is 2. The lowest BCUT2D eigenvalue weighted by Crippen LogP contribution is -2.30. The molecular formula is C21H21ClN2O. The zero-order chi connectivity index (χ0) is 17.4. The Morgan fingerprint density at radius 1 is 1.20 bits per heavy atom. The van der Waals surface area contributed by atoms with Gasteiger partial charge in [0.05, 0.1) is 0 Å². The van der Waals surface area contributed by atoms with E-state index < -0.39 is 0 Å². The van der Waals surface area contributed by atoms with Gasteiger partial charge < -0.3 is 10.3 Å². The van der Waals surface area contributed by atoms with Crippen molar-refractivity contribution in [2.45, 2.75) is 19.3 Å². The van der Waals surface area contributed by atoms with Crippen LogP contribution in [0.25, 0.3) is 10.9 Å². The number of carbonyl (C=O) groups is 1. The number of H-pyrrole nitrogens is 1. The van der Waals surface area contributed by atoms with Gasteiger partial charge in [-0.3, -0.25) is 4.79 Å². The number of hydrogen-bond acceptors (Lipinski definition) is 1. The average Bonchev–Trinajstić information content (AvgIpc) is 3.21. The third-order valence-electron chi connectivity index (χ3n) is 5.20. The van der Waals surface area contributed by atoms with Gasteiger partial charge in [0.15, 0.2) is 0 Å². The predicted molar refractivity (Wildman–Crippen MR) is 102 cm³/mol. The van der Waals surface area contributed by atoms with E-state index >= 15 is 0 Å². The lowest BCUT2D eigenvalue weighted by molar-refractivity contribution is -0.122. The third kappa shape index (κ3) is 3.16. The third-order valence-corrected chi connectivity index (χ3v) is 5.55. The van der Waals surface area contributed by atoms with Crippen LogP contribution in [0.4, 0.5) is 0 Å². The van der Waals surface area contributed by atoms with Crippen LogP contribution in [0.5, 0.6) is 0 Å². The van der Waals surface area contributed by atoms with Crippen LogP contribution < -0.4 is 5.32 Å². The molecule has 1 aromatic heterocycles. The minimum atomic E-state index is 0.0165. The first-order chi connectivity index (χ1) is 12.1. The molecule has 3 aromatic rings. The zero-order valence-electron chi connectivity index (χ0n) is 14.1. The summed E-state index contributed by atoms with van der Waals surface area (Å²) < 4.78 is 0. The van der Waals surface area contributed by atoms with Crippen LogP contribution >= 0.6 is 11.6 Å². The minimum absolute atomic E-state index is 0.0165. The molecule has 2 aromatic carbocycles. The topological polar surface area (TPSA) is 44.9 Å². The summed E-state index contributed by atoms with van der Waals surface area (Å²) in [6.45, 7) is 2.67. The average molecular weight is 353 g/mol. The van der Waals surface area contributed by atoms with E-state index in [1.165, 1.54) is 5.39 Å². The number of nitrogens with one attached hydrogen (secondary N) is 2. The summed E-state index contributed by atoms with van der Waals surface area (Å²) in [6.07, 6.45) is 3.03. The van der Waals surface area contributed by atoms with E-state index in [0.29, 0.717) is 12.5 Å². The van der Waals surface area contributed by atoms with E-state index in [1.807, 2.05) is 42.6 Å². The van der Waals surface area contributed by atoms with Crippen molar-refractivity contribution in [1.82, 2.24) is 10.3 Å². The molecule has 3 atom stereocenters. The fraction of sp³-hybridized carbons (Fsp3) is 0.286. The van der Waals surface area contributed by atoms with Crippen molar-refractivity contribution in [3.63, 3.8) is 0 Å². The molecule has 25 heavy (non-hydrogen) atoms. The number of carbonyl (C=O) groups excluding carboxylic acids is 1. The Balaban J connectivity index is 1.68. The molecule has 1 fully saturated rings. The second kappa shape index (κ2) is 6.57. The van der Waals surface area contributed by atoms with Crippen molar-refractivity contribution in [3.05, 3.63) is 70.9 Å². The minimum Gasteiger partial charge on any atom is -0.361 e. The number of aromatic amines is 1. The number of hydrogen-bond donors (Lipinski definition) is 2. The molecule has 1 aliphatic carbocycles. The maximum atomic E-state index is 12.3. The molecule has 0 radical (unpaired) electrons. The van der Waals surface area contributed by atoms with Gasteiger partial charge in [-0.15, -0.1) is 0 Å². The maximum absolute atomic E-state index is 12.3. The normalized spacial score (nSPS) is 20.4. The number of rotatable bonds is 5. The number of fused-ring (bicyclic) bond motifs is 1. The quantitative estimate of drug-likeness (QED) is 0.685. The second-order valence-electron chi connectivity index (χ2n) is 6.93. The number of halogens is 1. The van der Waals surface area contributed by atoms with E-state index in [2.05, 4.69) is 29.4 Å². The first-order valence-electron chi connectivity index (χ1n) is 8.73. The Morgan fingerprint density at radius 3 is 2.68 bits per heavy atom.